The minimum atomic E-state index is -0.549. The fourth-order valence-corrected chi connectivity index (χ4v) is 4.69. The predicted octanol–water partition coefficient (Wildman–Crippen LogP) is 2.75. The lowest BCUT2D eigenvalue weighted by Gasteiger charge is -2.41. The number of ketones is 2. The number of likely N-dealkylation sites (tertiary alicyclic amines) is 2. The summed E-state index contributed by atoms with van der Waals surface area (Å²) < 4.78 is 5.54. The zero-order valence-electron chi connectivity index (χ0n) is 22.2. The molecule has 208 valence electrons. The first-order valence-electron chi connectivity index (χ1n) is 12.7. The molecule has 2 amide bonds. The molecule has 3 fully saturated rings. The van der Waals surface area contributed by atoms with Crippen molar-refractivity contribution >= 4 is 36.0 Å². The van der Waals surface area contributed by atoms with Gasteiger partial charge in [0.2, 0.25) is 5.91 Å². The van der Waals surface area contributed by atoms with Crippen LogP contribution in [0.2, 0.25) is 0 Å². The molecule has 0 aromatic heterocycles. The summed E-state index contributed by atoms with van der Waals surface area (Å²) in [6.07, 6.45) is 2.63. The number of nitrogens with zero attached hydrogens (tertiary/aromatic N) is 2. The van der Waals surface area contributed by atoms with Crippen LogP contribution in [0, 0.1) is 5.92 Å². The Morgan fingerprint density at radius 1 is 0.892 bits per heavy atom. The third kappa shape index (κ3) is 10.1. The molecule has 1 aromatic carbocycles. The number of benzene rings is 1. The van der Waals surface area contributed by atoms with Crippen molar-refractivity contribution in [3.8, 4) is 0 Å². The van der Waals surface area contributed by atoms with Gasteiger partial charge in [-0.1, -0.05) is 30.3 Å². The summed E-state index contributed by atoms with van der Waals surface area (Å²) in [5, 5.41) is 3.09. The summed E-state index contributed by atoms with van der Waals surface area (Å²) in [7, 11) is 0. The van der Waals surface area contributed by atoms with Crippen molar-refractivity contribution in [1.29, 1.82) is 0 Å². The third-order valence-electron chi connectivity index (χ3n) is 6.60. The van der Waals surface area contributed by atoms with Crippen LogP contribution in [0.4, 0.5) is 4.79 Å². The van der Waals surface area contributed by atoms with E-state index in [9.17, 15) is 19.2 Å². The lowest BCUT2D eigenvalue weighted by atomic mass is 9.79. The van der Waals surface area contributed by atoms with Gasteiger partial charge in [0.1, 0.15) is 17.2 Å². The molecule has 37 heavy (non-hydrogen) atoms. The van der Waals surface area contributed by atoms with Crippen LogP contribution in [0.1, 0.15) is 64.4 Å². The Morgan fingerprint density at radius 2 is 1.46 bits per heavy atom. The van der Waals surface area contributed by atoms with Crippen molar-refractivity contribution in [3.05, 3.63) is 35.9 Å². The maximum atomic E-state index is 13.2. The van der Waals surface area contributed by atoms with Gasteiger partial charge in [-0.15, -0.1) is 12.4 Å². The van der Waals surface area contributed by atoms with Crippen molar-refractivity contribution in [2.45, 2.75) is 64.4 Å². The highest BCUT2D eigenvalue weighted by Gasteiger charge is 2.40. The zero-order chi connectivity index (χ0) is 25.4. The van der Waals surface area contributed by atoms with Crippen LogP contribution in [0.15, 0.2) is 30.3 Å². The first-order chi connectivity index (χ1) is 16.6. The van der Waals surface area contributed by atoms with Gasteiger partial charge < -0.3 is 25.3 Å². The fourth-order valence-electron chi connectivity index (χ4n) is 4.69. The van der Waals surface area contributed by atoms with Crippen molar-refractivity contribution in [2.24, 2.45) is 5.92 Å². The predicted molar refractivity (Wildman–Crippen MR) is 144 cm³/mol. The van der Waals surface area contributed by atoms with Gasteiger partial charge in [0.05, 0.1) is 0 Å². The molecule has 9 nitrogen and oxygen atoms in total. The second kappa shape index (κ2) is 15.1. The van der Waals surface area contributed by atoms with E-state index in [0.29, 0.717) is 51.2 Å². The van der Waals surface area contributed by atoms with Gasteiger partial charge in [-0.3, -0.25) is 14.4 Å². The minimum absolute atomic E-state index is 0. The third-order valence-corrected chi connectivity index (χ3v) is 6.60. The Labute approximate surface area is 226 Å². The number of rotatable bonds is 2. The maximum Gasteiger partial charge on any atom is 0.410 e. The largest absolute Gasteiger partial charge is 0.444 e. The van der Waals surface area contributed by atoms with Gasteiger partial charge in [-0.2, -0.15) is 0 Å². The number of hydrogen-bond donors (Lipinski definition) is 1. The molecule has 0 radical (unpaired) electrons. The van der Waals surface area contributed by atoms with E-state index in [1.54, 1.807) is 4.90 Å². The van der Waals surface area contributed by atoms with E-state index in [4.69, 9.17) is 4.74 Å². The number of Topliss-reactive ketones (excluding diaryl/α,β-unsaturated/α-hetero) is 2. The number of ether oxygens (including phenoxy) is 1. The van der Waals surface area contributed by atoms with Crippen LogP contribution in [0.25, 0.3) is 0 Å². The van der Waals surface area contributed by atoms with E-state index >= 15 is 0 Å². The van der Waals surface area contributed by atoms with E-state index in [0.717, 1.165) is 31.5 Å². The number of halogens is 1. The second-order valence-electron chi connectivity index (χ2n) is 10.5. The average Bonchev–Trinajstić information content (AvgIpc) is 2.84. The normalized spacial score (nSPS) is 22.0. The van der Waals surface area contributed by atoms with E-state index in [-0.39, 0.29) is 47.5 Å². The highest BCUT2D eigenvalue weighted by atomic mass is 35.5. The number of carbonyl (C=O) groups is 4. The Kier molecular flexibility index (Phi) is 13.2. The molecule has 3 aliphatic heterocycles. The topological polar surface area (TPSA) is 128 Å². The minimum Gasteiger partial charge on any atom is -0.444 e. The van der Waals surface area contributed by atoms with Crippen LogP contribution >= 0.6 is 12.4 Å². The molecule has 3 aliphatic rings. The molecule has 4 rings (SSSR count). The van der Waals surface area contributed by atoms with Crippen LogP contribution in [-0.2, 0) is 19.1 Å². The summed E-state index contributed by atoms with van der Waals surface area (Å²) in [4.78, 5) is 51.3. The Morgan fingerprint density at radius 3 is 1.97 bits per heavy atom. The van der Waals surface area contributed by atoms with Gasteiger partial charge in [0.15, 0.2) is 0 Å². The molecule has 0 spiro atoms. The van der Waals surface area contributed by atoms with Crippen molar-refractivity contribution < 1.29 is 29.4 Å². The SMILES string of the molecule is CC(C)(C)OC(=O)N1CC[C@@H](C(=O)N2CCC(=O)CC2)[C@H](c2ccccc2)C1.Cl.O.O=C1CCNCC1. The number of carbonyl (C=O) groups excluding carboxylic acids is 4. The van der Waals surface area contributed by atoms with Gasteiger partial charge in [0, 0.05) is 76.8 Å². The lowest BCUT2D eigenvalue weighted by molar-refractivity contribution is -0.140. The molecule has 0 aliphatic carbocycles. The standard InChI is InChI=1S/C22H30N2O4.C5H9NO.ClH.H2O/c1-22(2,3)28-21(27)24-14-11-18(19(15-24)16-7-5-4-6-8-16)20(26)23-12-9-17(25)10-13-23;7-5-1-3-6-4-2-5;;/h4-8,18-19H,9-15H2,1-3H3;6H,1-4H2;1H;1H2/t18-,19+;;;/m1.../s1. The Bertz CT molecular complexity index is 887. The molecule has 2 atom stereocenters. The summed E-state index contributed by atoms with van der Waals surface area (Å²) in [6, 6.07) is 9.91. The van der Waals surface area contributed by atoms with E-state index in [1.807, 2.05) is 56.0 Å². The number of nitrogens with one attached hydrogen (secondary N) is 1. The molecule has 3 N–H and O–H groups in total. The fraction of sp³-hybridized carbons (Fsp3) is 0.630. The van der Waals surface area contributed by atoms with Crippen LogP contribution in [-0.4, -0.2) is 83.7 Å². The first-order valence-corrected chi connectivity index (χ1v) is 12.7. The molecule has 1 aromatic rings. The molecular weight excluding hydrogens is 498 g/mol. The average molecular weight is 540 g/mol. The summed E-state index contributed by atoms with van der Waals surface area (Å²) >= 11 is 0. The Balaban J connectivity index is 0.000000660. The van der Waals surface area contributed by atoms with Crippen molar-refractivity contribution in [2.75, 3.05) is 39.3 Å². The summed E-state index contributed by atoms with van der Waals surface area (Å²) in [5.74, 6) is 0.467. The molecular formula is C27H42ClN3O6. The summed E-state index contributed by atoms with van der Waals surface area (Å²) in [5.41, 5.74) is 0.508. The Hall–Kier alpha value is -2.49. The monoisotopic (exact) mass is 539 g/mol. The van der Waals surface area contributed by atoms with Crippen molar-refractivity contribution in [1.82, 2.24) is 15.1 Å². The summed E-state index contributed by atoms with van der Waals surface area (Å²) in [6.45, 7) is 9.31. The van der Waals surface area contributed by atoms with Gasteiger partial charge in [-0.25, -0.2) is 4.79 Å². The molecule has 3 heterocycles. The lowest BCUT2D eigenvalue weighted by Crippen LogP contribution is -2.50. The second-order valence-corrected chi connectivity index (χ2v) is 10.5. The highest BCUT2D eigenvalue weighted by Crippen LogP contribution is 2.35. The van der Waals surface area contributed by atoms with Gasteiger partial charge in [0.25, 0.3) is 0 Å². The first kappa shape index (κ1) is 32.5. The van der Waals surface area contributed by atoms with E-state index in [1.165, 1.54) is 0 Å². The van der Waals surface area contributed by atoms with Crippen LogP contribution in [0.3, 0.4) is 0 Å². The van der Waals surface area contributed by atoms with Gasteiger partial charge >= 0.3 is 6.09 Å². The quantitative estimate of drug-likeness (QED) is 0.615. The smallest absolute Gasteiger partial charge is 0.410 e. The number of piperidine rings is 3. The van der Waals surface area contributed by atoms with Crippen molar-refractivity contribution in [3.63, 3.8) is 0 Å². The molecule has 0 unspecified atom stereocenters. The van der Waals surface area contributed by atoms with Crippen LogP contribution < -0.4 is 5.32 Å². The molecule has 0 bridgehead atoms. The van der Waals surface area contributed by atoms with Gasteiger partial charge in [-0.05, 0) is 32.8 Å². The number of amides is 2. The van der Waals surface area contributed by atoms with Crippen LogP contribution in [0.5, 0.6) is 0 Å². The zero-order valence-corrected chi connectivity index (χ0v) is 23.0. The number of hydrogen-bond acceptors (Lipinski definition) is 6. The highest BCUT2D eigenvalue weighted by molar-refractivity contribution is 5.86. The molecule has 10 heteroatoms. The van der Waals surface area contributed by atoms with E-state index in [2.05, 4.69) is 5.32 Å². The maximum absolute atomic E-state index is 13.2. The molecule has 3 saturated heterocycles. The molecule has 0 saturated carbocycles. The van der Waals surface area contributed by atoms with E-state index < -0.39 is 5.60 Å².